The summed E-state index contributed by atoms with van der Waals surface area (Å²) >= 11 is 0. The smallest absolute Gasteiger partial charge is 0.252 e. The molecule has 3 aromatic rings. The van der Waals surface area contributed by atoms with Crippen LogP contribution in [0.2, 0.25) is 0 Å². The van der Waals surface area contributed by atoms with E-state index in [-0.39, 0.29) is 10.5 Å². The third kappa shape index (κ3) is 3.85. The summed E-state index contributed by atoms with van der Waals surface area (Å²) in [5, 5.41) is 3.84. The zero-order valence-electron chi connectivity index (χ0n) is 13.8. The molecular weight excluding hydrogens is 336 g/mol. The molecular formula is C19H18N2O3S. The lowest BCUT2D eigenvalue weighted by molar-refractivity contribution is 0.0951. The minimum Gasteiger partial charge on any atom is -0.352 e. The van der Waals surface area contributed by atoms with E-state index >= 15 is 0 Å². The molecule has 0 atom stereocenters. The van der Waals surface area contributed by atoms with Gasteiger partial charge in [0.2, 0.25) is 0 Å². The fourth-order valence-electron chi connectivity index (χ4n) is 2.75. The number of hydrogen-bond acceptors (Lipinski definition) is 4. The monoisotopic (exact) mass is 354 g/mol. The van der Waals surface area contributed by atoms with Crippen LogP contribution in [0.5, 0.6) is 0 Å². The summed E-state index contributed by atoms with van der Waals surface area (Å²) in [4.78, 5) is 16.8. The number of fused-ring (bicyclic) bond motifs is 1. The van der Waals surface area contributed by atoms with E-state index in [0.717, 1.165) is 22.7 Å². The molecule has 128 valence electrons. The Hall–Kier alpha value is -2.73. The van der Waals surface area contributed by atoms with E-state index in [1.807, 2.05) is 30.3 Å². The van der Waals surface area contributed by atoms with Crippen molar-refractivity contribution in [1.82, 2.24) is 10.3 Å². The van der Waals surface area contributed by atoms with Crippen molar-refractivity contribution >= 4 is 26.6 Å². The van der Waals surface area contributed by atoms with Crippen LogP contribution in [0.15, 0.2) is 65.7 Å². The molecule has 6 heteroatoms. The van der Waals surface area contributed by atoms with Gasteiger partial charge in [-0.2, -0.15) is 0 Å². The van der Waals surface area contributed by atoms with Gasteiger partial charge in [0, 0.05) is 24.4 Å². The Bertz CT molecular complexity index is 1020. The Balaban J connectivity index is 1.74. The number of hydrogen-bond donors (Lipinski definition) is 1. The largest absolute Gasteiger partial charge is 0.352 e. The molecule has 0 spiro atoms. The van der Waals surface area contributed by atoms with Crippen LogP contribution in [0, 0.1) is 0 Å². The van der Waals surface area contributed by atoms with Gasteiger partial charge in [-0.05, 0) is 30.2 Å². The lowest BCUT2D eigenvalue weighted by atomic mass is 10.1. The molecule has 1 N–H and O–H groups in total. The average molecular weight is 354 g/mol. The number of carbonyl (C=O) groups excluding carboxylic acids is 1. The van der Waals surface area contributed by atoms with Crippen molar-refractivity contribution in [3.8, 4) is 0 Å². The maximum Gasteiger partial charge on any atom is 0.252 e. The molecule has 0 fully saturated rings. The molecule has 0 saturated heterocycles. The van der Waals surface area contributed by atoms with E-state index in [4.69, 9.17) is 0 Å². The van der Waals surface area contributed by atoms with Gasteiger partial charge in [0.05, 0.1) is 16.0 Å². The Morgan fingerprint density at radius 3 is 2.60 bits per heavy atom. The van der Waals surface area contributed by atoms with E-state index in [9.17, 15) is 13.2 Å². The predicted octanol–water partition coefficient (Wildman–Crippen LogP) is 2.61. The summed E-state index contributed by atoms with van der Waals surface area (Å²) in [5.41, 5.74) is 2.12. The molecule has 1 aromatic heterocycles. The van der Waals surface area contributed by atoms with E-state index in [1.165, 1.54) is 12.1 Å². The summed E-state index contributed by atoms with van der Waals surface area (Å²) in [7, 11) is -3.46. The molecule has 0 bridgehead atoms. The molecule has 0 unspecified atom stereocenters. The van der Waals surface area contributed by atoms with Crippen molar-refractivity contribution in [2.75, 3.05) is 12.8 Å². The van der Waals surface area contributed by atoms with Crippen molar-refractivity contribution in [3.05, 3.63) is 71.9 Å². The first-order valence-corrected chi connectivity index (χ1v) is 9.76. The number of carbonyl (C=O) groups is 1. The fraction of sp³-hybridized carbons (Fsp3) is 0.158. The van der Waals surface area contributed by atoms with Crippen LogP contribution in [-0.4, -0.2) is 32.1 Å². The first-order valence-electron chi connectivity index (χ1n) is 7.87. The van der Waals surface area contributed by atoms with Crippen molar-refractivity contribution in [1.29, 1.82) is 0 Å². The number of pyridine rings is 1. The zero-order valence-corrected chi connectivity index (χ0v) is 14.6. The van der Waals surface area contributed by atoms with Crippen LogP contribution in [0.4, 0.5) is 0 Å². The van der Waals surface area contributed by atoms with Crippen LogP contribution < -0.4 is 5.32 Å². The van der Waals surface area contributed by atoms with Crippen molar-refractivity contribution in [2.24, 2.45) is 0 Å². The maximum absolute atomic E-state index is 12.4. The van der Waals surface area contributed by atoms with Crippen molar-refractivity contribution in [3.63, 3.8) is 0 Å². The number of nitrogens with zero attached hydrogens (tertiary/aromatic N) is 1. The van der Waals surface area contributed by atoms with Crippen LogP contribution in [-0.2, 0) is 16.3 Å². The molecule has 1 amide bonds. The molecule has 5 nitrogen and oxygen atoms in total. The van der Waals surface area contributed by atoms with Crippen molar-refractivity contribution < 1.29 is 13.2 Å². The third-order valence-corrected chi connectivity index (χ3v) is 5.08. The maximum atomic E-state index is 12.4. The van der Waals surface area contributed by atoms with Crippen LogP contribution in [0.25, 0.3) is 10.9 Å². The molecule has 0 radical (unpaired) electrons. The summed E-state index contributed by atoms with van der Waals surface area (Å²) in [5.74, 6) is -0.394. The summed E-state index contributed by atoms with van der Waals surface area (Å²) < 4.78 is 23.6. The first-order chi connectivity index (χ1) is 12.0. The lowest BCUT2D eigenvalue weighted by Gasteiger charge is -2.10. The summed E-state index contributed by atoms with van der Waals surface area (Å²) in [6, 6.07) is 16.0. The number of rotatable bonds is 5. The SMILES string of the molecule is CS(=O)(=O)c1ccccc1C(=O)NCCc1cccc2cccnc12. The molecule has 3 rings (SSSR count). The number of nitrogens with one attached hydrogen (secondary N) is 1. The highest BCUT2D eigenvalue weighted by Crippen LogP contribution is 2.17. The number of amides is 1. The molecule has 2 aromatic carbocycles. The Morgan fingerprint density at radius 2 is 1.80 bits per heavy atom. The van der Waals surface area contributed by atoms with Gasteiger partial charge in [0.15, 0.2) is 9.84 Å². The quantitative estimate of drug-likeness (QED) is 0.764. The molecule has 0 aliphatic carbocycles. The van der Waals surface area contributed by atoms with Gasteiger partial charge in [0.1, 0.15) is 0 Å². The molecule has 25 heavy (non-hydrogen) atoms. The van der Waals surface area contributed by atoms with Crippen LogP contribution in [0.3, 0.4) is 0 Å². The number of para-hydroxylation sites is 1. The number of benzene rings is 2. The summed E-state index contributed by atoms with van der Waals surface area (Å²) in [6.07, 6.45) is 3.45. The van der Waals surface area contributed by atoms with Crippen LogP contribution >= 0.6 is 0 Å². The number of sulfone groups is 1. The van der Waals surface area contributed by atoms with Gasteiger partial charge in [-0.25, -0.2) is 8.42 Å². The highest BCUT2D eigenvalue weighted by Gasteiger charge is 2.17. The lowest BCUT2D eigenvalue weighted by Crippen LogP contribution is -2.27. The van der Waals surface area contributed by atoms with Gasteiger partial charge in [0.25, 0.3) is 5.91 Å². The molecule has 0 aliphatic heterocycles. The first kappa shape index (κ1) is 17.1. The van der Waals surface area contributed by atoms with Crippen LogP contribution in [0.1, 0.15) is 15.9 Å². The van der Waals surface area contributed by atoms with E-state index < -0.39 is 15.7 Å². The normalized spacial score (nSPS) is 11.4. The van der Waals surface area contributed by atoms with Gasteiger partial charge in [-0.1, -0.05) is 36.4 Å². The Labute approximate surface area is 146 Å². The predicted molar refractivity (Wildman–Crippen MR) is 97.3 cm³/mol. The van der Waals surface area contributed by atoms with Gasteiger partial charge in [-0.15, -0.1) is 0 Å². The third-order valence-electron chi connectivity index (χ3n) is 3.93. The van der Waals surface area contributed by atoms with Crippen molar-refractivity contribution in [2.45, 2.75) is 11.3 Å². The topological polar surface area (TPSA) is 76.1 Å². The van der Waals surface area contributed by atoms with E-state index in [2.05, 4.69) is 10.3 Å². The van der Waals surface area contributed by atoms with Gasteiger partial charge >= 0.3 is 0 Å². The van der Waals surface area contributed by atoms with E-state index in [1.54, 1.807) is 18.3 Å². The minimum absolute atomic E-state index is 0.0410. The molecule has 0 aliphatic rings. The zero-order chi connectivity index (χ0) is 17.9. The number of aromatic nitrogens is 1. The van der Waals surface area contributed by atoms with Gasteiger partial charge < -0.3 is 5.32 Å². The minimum atomic E-state index is -3.46. The highest BCUT2D eigenvalue weighted by molar-refractivity contribution is 7.90. The Kier molecular flexibility index (Phi) is 4.81. The second-order valence-corrected chi connectivity index (χ2v) is 7.75. The summed E-state index contributed by atoms with van der Waals surface area (Å²) in [6.45, 7) is 0.395. The molecule has 0 saturated carbocycles. The second kappa shape index (κ2) is 7.03. The Morgan fingerprint density at radius 1 is 1.04 bits per heavy atom. The van der Waals surface area contributed by atoms with Gasteiger partial charge in [-0.3, -0.25) is 9.78 Å². The fourth-order valence-corrected chi connectivity index (χ4v) is 3.64. The standard InChI is InChI=1S/C19H18N2O3S/c1-25(23,24)17-10-3-2-9-16(17)19(22)21-13-11-15-7-4-6-14-8-5-12-20-18(14)15/h2-10,12H,11,13H2,1H3,(H,21,22). The average Bonchev–Trinajstić information content (AvgIpc) is 2.61. The second-order valence-electron chi connectivity index (χ2n) is 5.77. The molecule has 1 heterocycles. The van der Waals surface area contributed by atoms with E-state index in [0.29, 0.717) is 13.0 Å². The highest BCUT2D eigenvalue weighted by atomic mass is 32.2.